The quantitative estimate of drug-likeness (QED) is 0.795. The van der Waals surface area contributed by atoms with Crippen molar-refractivity contribution in [3.8, 4) is 0 Å². The minimum atomic E-state index is -1.04. The summed E-state index contributed by atoms with van der Waals surface area (Å²) >= 11 is 3.22. The lowest BCUT2D eigenvalue weighted by molar-refractivity contribution is 0.0542. The van der Waals surface area contributed by atoms with Gasteiger partial charge in [0.05, 0.1) is 5.69 Å². The van der Waals surface area contributed by atoms with Gasteiger partial charge in [0.25, 0.3) is 0 Å². The van der Waals surface area contributed by atoms with Gasteiger partial charge in [-0.05, 0) is 25.0 Å². The Morgan fingerprint density at radius 1 is 1.42 bits per heavy atom. The molecule has 0 aromatic heterocycles. The molecule has 1 aromatic rings. The summed E-state index contributed by atoms with van der Waals surface area (Å²) in [4.78, 5) is 12.6. The SMILES string of the molecule is O=C(O)N1CC2(CCOCC2)c2c(F)cc(Br)cc21. The molecule has 1 fully saturated rings. The number of amides is 1. The van der Waals surface area contributed by atoms with Crippen molar-refractivity contribution in [1.82, 2.24) is 0 Å². The molecule has 3 rings (SSSR count). The van der Waals surface area contributed by atoms with Crippen LogP contribution in [0.3, 0.4) is 0 Å². The number of halogens is 2. The van der Waals surface area contributed by atoms with Crippen LogP contribution in [-0.4, -0.2) is 31.0 Å². The van der Waals surface area contributed by atoms with Crippen LogP contribution in [-0.2, 0) is 10.2 Å². The van der Waals surface area contributed by atoms with Gasteiger partial charge in [-0.3, -0.25) is 4.90 Å². The second-order valence-corrected chi connectivity index (χ2v) is 5.96. The molecule has 0 bridgehead atoms. The standard InChI is InChI=1S/C13H13BrFNO3/c14-8-5-9(15)11-10(6-8)16(12(17)18)7-13(11)1-3-19-4-2-13/h5-6H,1-4,7H2,(H,17,18). The molecule has 1 saturated heterocycles. The molecule has 0 unspecified atom stereocenters. The molecule has 1 N–H and O–H groups in total. The van der Waals surface area contributed by atoms with Crippen molar-refractivity contribution in [3.63, 3.8) is 0 Å². The molecule has 0 atom stereocenters. The van der Waals surface area contributed by atoms with Gasteiger partial charge in [0.2, 0.25) is 0 Å². The van der Waals surface area contributed by atoms with Gasteiger partial charge in [0.1, 0.15) is 5.82 Å². The smallest absolute Gasteiger partial charge is 0.411 e. The number of carbonyl (C=O) groups is 1. The molecule has 4 nitrogen and oxygen atoms in total. The van der Waals surface area contributed by atoms with Crippen LogP contribution < -0.4 is 4.90 Å². The zero-order valence-electron chi connectivity index (χ0n) is 10.2. The van der Waals surface area contributed by atoms with Gasteiger partial charge in [-0.2, -0.15) is 0 Å². The average molecular weight is 330 g/mol. The molecular weight excluding hydrogens is 317 g/mol. The third kappa shape index (κ3) is 1.94. The van der Waals surface area contributed by atoms with E-state index in [-0.39, 0.29) is 5.82 Å². The first-order valence-corrected chi connectivity index (χ1v) is 6.90. The Labute approximate surface area is 118 Å². The van der Waals surface area contributed by atoms with E-state index in [1.807, 2.05) is 0 Å². The van der Waals surface area contributed by atoms with Gasteiger partial charge < -0.3 is 9.84 Å². The maximum absolute atomic E-state index is 14.3. The lowest BCUT2D eigenvalue weighted by atomic mass is 9.75. The fraction of sp³-hybridized carbons (Fsp3) is 0.462. The fourth-order valence-electron chi connectivity index (χ4n) is 3.11. The molecule has 2 heterocycles. The van der Waals surface area contributed by atoms with Gasteiger partial charge in [0, 0.05) is 35.2 Å². The summed E-state index contributed by atoms with van der Waals surface area (Å²) in [7, 11) is 0. The normalized spacial score (nSPS) is 20.6. The van der Waals surface area contributed by atoms with E-state index >= 15 is 0 Å². The number of anilines is 1. The van der Waals surface area contributed by atoms with Crippen LogP contribution in [0.15, 0.2) is 16.6 Å². The maximum Gasteiger partial charge on any atom is 0.411 e. The second-order valence-electron chi connectivity index (χ2n) is 5.04. The summed E-state index contributed by atoms with van der Waals surface area (Å²) < 4.78 is 20.2. The minimum Gasteiger partial charge on any atom is -0.465 e. The minimum absolute atomic E-state index is 0.314. The van der Waals surface area contributed by atoms with Crippen molar-refractivity contribution in [3.05, 3.63) is 28.0 Å². The molecule has 1 amide bonds. The van der Waals surface area contributed by atoms with Crippen LogP contribution in [0.2, 0.25) is 0 Å². The van der Waals surface area contributed by atoms with Crippen LogP contribution in [0.25, 0.3) is 0 Å². The highest BCUT2D eigenvalue weighted by Gasteiger charge is 2.47. The second kappa shape index (κ2) is 4.45. The van der Waals surface area contributed by atoms with Crippen molar-refractivity contribution in [2.24, 2.45) is 0 Å². The Kier molecular flexibility index (Phi) is 3.02. The highest BCUT2D eigenvalue weighted by Crippen LogP contribution is 2.48. The number of hydrogen-bond acceptors (Lipinski definition) is 2. The summed E-state index contributed by atoms with van der Waals surface area (Å²) in [6.07, 6.45) is 0.270. The van der Waals surface area contributed by atoms with E-state index < -0.39 is 11.5 Å². The van der Waals surface area contributed by atoms with E-state index in [0.29, 0.717) is 48.3 Å². The highest BCUT2D eigenvalue weighted by molar-refractivity contribution is 9.10. The molecule has 0 saturated carbocycles. The lowest BCUT2D eigenvalue weighted by Crippen LogP contribution is -2.40. The van der Waals surface area contributed by atoms with E-state index in [1.165, 1.54) is 11.0 Å². The lowest BCUT2D eigenvalue weighted by Gasteiger charge is -2.33. The van der Waals surface area contributed by atoms with E-state index in [4.69, 9.17) is 4.74 Å². The molecule has 1 spiro atoms. The Morgan fingerprint density at radius 3 is 2.74 bits per heavy atom. The van der Waals surface area contributed by atoms with Gasteiger partial charge in [-0.25, -0.2) is 9.18 Å². The number of ether oxygens (including phenoxy) is 1. The predicted octanol–water partition coefficient (Wildman–Crippen LogP) is 3.13. The Morgan fingerprint density at radius 2 is 2.11 bits per heavy atom. The van der Waals surface area contributed by atoms with Crippen LogP contribution >= 0.6 is 15.9 Å². The molecule has 2 aliphatic heterocycles. The molecule has 2 aliphatic rings. The van der Waals surface area contributed by atoms with Crippen molar-refractivity contribution in [1.29, 1.82) is 0 Å². The van der Waals surface area contributed by atoms with Gasteiger partial charge in [0.15, 0.2) is 0 Å². The first-order chi connectivity index (χ1) is 9.03. The van der Waals surface area contributed by atoms with Crippen LogP contribution in [0.4, 0.5) is 14.9 Å². The molecule has 19 heavy (non-hydrogen) atoms. The monoisotopic (exact) mass is 329 g/mol. The fourth-order valence-corrected chi connectivity index (χ4v) is 3.52. The third-order valence-corrected chi connectivity index (χ3v) is 4.45. The van der Waals surface area contributed by atoms with Gasteiger partial charge in [-0.1, -0.05) is 15.9 Å². The molecule has 0 radical (unpaired) electrons. The maximum atomic E-state index is 14.3. The third-order valence-electron chi connectivity index (χ3n) is 4.00. The Bertz CT molecular complexity index is 543. The van der Waals surface area contributed by atoms with Crippen molar-refractivity contribution in [2.45, 2.75) is 18.3 Å². The zero-order valence-corrected chi connectivity index (χ0v) is 11.7. The molecular formula is C13H13BrFNO3. The summed E-state index contributed by atoms with van der Waals surface area (Å²) in [6.45, 7) is 1.40. The average Bonchev–Trinajstić information content (AvgIpc) is 2.65. The summed E-state index contributed by atoms with van der Waals surface area (Å²) in [5.41, 5.74) is 0.555. The topological polar surface area (TPSA) is 49.8 Å². The number of rotatable bonds is 0. The van der Waals surface area contributed by atoms with E-state index in [9.17, 15) is 14.3 Å². The summed E-state index contributed by atoms with van der Waals surface area (Å²) in [5.74, 6) is -0.338. The Balaban J connectivity index is 2.17. The zero-order chi connectivity index (χ0) is 13.6. The van der Waals surface area contributed by atoms with Crippen LogP contribution in [0.5, 0.6) is 0 Å². The molecule has 1 aromatic carbocycles. The summed E-state index contributed by atoms with van der Waals surface area (Å²) in [5, 5.41) is 9.31. The van der Waals surface area contributed by atoms with Gasteiger partial charge >= 0.3 is 6.09 Å². The van der Waals surface area contributed by atoms with Crippen LogP contribution in [0, 0.1) is 5.82 Å². The van der Waals surface area contributed by atoms with Crippen molar-refractivity contribution < 1.29 is 19.0 Å². The van der Waals surface area contributed by atoms with Crippen molar-refractivity contribution >= 4 is 27.7 Å². The first-order valence-electron chi connectivity index (χ1n) is 6.11. The Hall–Kier alpha value is -1.14. The number of carboxylic acid groups (broad SMARTS) is 1. The number of benzene rings is 1. The molecule has 102 valence electrons. The largest absolute Gasteiger partial charge is 0.465 e. The number of hydrogen-bond donors (Lipinski definition) is 1. The first kappa shape index (κ1) is 12.9. The van der Waals surface area contributed by atoms with Crippen molar-refractivity contribution in [2.75, 3.05) is 24.7 Å². The van der Waals surface area contributed by atoms with E-state index in [2.05, 4.69) is 15.9 Å². The molecule has 0 aliphatic carbocycles. The highest BCUT2D eigenvalue weighted by atomic mass is 79.9. The van der Waals surface area contributed by atoms with E-state index in [0.717, 1.165) is 0 Å². The number of fused-ring (bicyclic) bond motifs is 2. The summed E-state index contributed by atoms with van der Waals surface area (Å²) in [6, 6.07) is 3.08. The number of nitrogens with zero attached hydrogens (tertiary/aromatic N) is 1. The van der Waals surface area contributed by atoms with Gasteiger partial charge in [-0.15, -0.1) is 0 Å². The molecule has 6 heteroatoms. The van der Waals surface area contributed by atoms with Crippen LogP contribution in [0.1, 0.15) is 18.4 Å². The van der Waals surface area contributed by atoms with E-state index in [1.54, 1.807) is 6.07 Å². The predicted molar refractivity (Wildman–Crippen MR) is 71.2 cm³/mol.